The van der Waals surface area contributed by atoms with Crippen LogP contribution in [0.15, 0.2) is 65.7 Å². The molecule has 0 spiro atoms. The Morgan fingerprint density at radius 2 is 1.72 bits per heavy atom. The first-order valence-electron chi connectivity index (χ1n) is 8.07. The average Bonchev–Trinajstić information content (AvgIpc) is 2.89. The van der Waals surface area contributed by atoms with Gasteiger partial charge in [-0.25, -0.2) is 4.99 Å². The first-order chi connectivity index (χ1) is 12.1. The Kier molecular flexibility index (Phi) is 5.50. The largest absolute Gasteiger partial charge is 0.370 e. The van der Waals surface area contributed by atoms with Gasteiger partial charge in [-0.05, 0) is 24.1 Å². The zero-order valence-corrected chi connectivity index (χ0v) is 14.5. The SMILES string of the molecule is NC(=O)C[C@@H]1SC(=Nc2ccccc2)N(CCc2ccccc2)C1=O. The number of carbonyl (C=O) groups is 2. The molecule has 1 atom stereocenters. The maximum atomic E-state index is 12.7. The van der Waals surface area contributed by atoms with E-state index in [0.29, 0.717) is 11.7 Å². The third kappa shape index (κ3) is 4.48. The van der Waals surface area contributed by atoms with Gasteiger partial charge in [0.25, 0.3) is 0 Å². The fourth-order valence-corrected chi connectivity index (χ4v) is 3.81. The predicted octanol–water partition coefficient (Wildman–Crippen LogP) is 2.74. The van der Waals surface area contributed by atoms with Gasteiger partial charge in [0.15, 0.2) is 5.17 Å². The number of carbonyl (C=O) groups excluding carboxylic acids is 2. The van der Waals surface area contributed by atoms with Crippen molar-refractivity contribution in [2.45, 2.75) is 18.1 Å². The van der Waals surface area contributed by atoms with Gasteiger partial charge in [0.05, 0.1) is 5.69 Å². The lowest BCUT2D eigenvalue weighted by molar-refractivity contribution is -0.128. The smallest absolute Gasteiger partial charge is 0.242 e. The average molecular weight is 353 g/mol. The predicted molar refractivity (Wildman–Crippen MR) is 101 cm³/mol. The van der Waals surface area contributed by atoms with Crippen LogP contribution in [0.25, 0.3) is 0 Å². The molecule has 128 valence electrons. The normalized spacial score (nSPS) is 18.7. The van der Waals surface area contributed by atoms with Gasteiger partial charge in [0.2, 0.25) is 11.8 Å². The number of amides is 2. The molecule has 3 rings (SSSR count). The number of primary amides is 1. The van der Waals surface area contributed by atoms with E-state index < -0.39 is 11.2 Å². The van der Waals surface area contributed by atoms with Gasteiger partial charge >= 0.3 is 0 Å². The first kappa shape index (κ1) is 17.2. The number of thioether (sulfide) groups is 1. The first-order valence-corrected chi connectivity index (χ1v) is 8.95. The van der Waals surface area contributed by atoms with Crippen LogP contribution >= 0.6 is 11.8 Å². The van der Waals surface area contributed by atoms with Gasteiger partial charge in [0.1, 0.15) is 5.25 Å². The maximum absolute atomic E-state index is 12.7. The lowest BCUT2D eigenvalue weighted by Crippen LogP contribution is -2.35. The monoisotopic (exact) mass is 353 g/mol. The van der Waals surface area contributed by atoms with Crippen molar-refractivity contribution in [3.05, 3.63) is 66.2 Å². The topological polar surface area (TPSA) is 75.8 Å². The Morgan fingerprint density at radius 1 is 1.08 bits per heavy atom. The Balaban J connectivity index is 1.80. The van der Waals surface area contributed by atoms with E-state index in [1.54, 1.807) is 4.90 Å². The Labute approximate surface area is 150 Å². The van der Waals surface area contributed by atoms with Gasteiger partial charge in [-0.1, -0.05) is 60.3 Å². The molecule has 1 fully saturated rings. The number of benzene rings is 2. The fraction of sp³-hybridized carbons (Fsp3) is 0.211. The van der Waals surface area contributed by atoms with Crippen LogP contribution in [0, 0.1) is 0 Å². The molecule has 2 aromatic rings. The molecule has 6 heteroatoms. The van der Waals surface area contributed by atoms with E-state index in [4.69, 9.17) is 5.73 Å². The second-order valence-electron chi connectivity index (χ2n) is 5.73. The van der Waals surface area contributed by atoms with Crippen molar-refractivity contribution in [1.29, 1.82) is 0 Å². The summed E-state index contributed by atoms with van der Waals surface area (Å²) in [5, 5.41) is 0.133. The fourth-order valence-electron chi connectivity index (χ4n) is 2.61. The van der Waals surface area contributed by atoms with Gasteiger partial charge in [0, 0.05) is 13.0 Å². The quantitative estimate of drug-likeness (QED) is 0.867. The molecule has 1 aliphatic rings. The van der Waals surface area contributed by atoms with E-state index in [2.05, 4.69) is 4.99 Å². The lowest BCUT2D eigenvalue weighted by Gasteiger charge is -2.16. The highest BCUT2D eigenvalue weighted by molar-refractivity contribution is 8.15. The molecule has 1 heterocycles. The summed E-state index contributed by atoms with van der Waals surface area (Å²) < 4.78 is 0. The maximum Gasteiger partial charge on any atom is 0.242 e. The Bertz CT molecular complexity index is 778. The van der Waals surface area contributed by atoms with Crippen molar-refractivity contribution >= 4 is 34.4 Å². The minimum atomic E-state index is -0.490. The summed E-state index contributed by atoms with van der Waals surface area (Å²) in [5.74, 6) is -0.579. The number of hydrogen-bond donors (Lipinski definition) is 1. The minimum absolute atomic E-state index is 0.0269. The van der Waals surface area contributed by atoms with Gasteiger partial charge in [-0.15, -0.1) is 0 Å². The second-order valence-corrected chi connectivity index (χ2v) is 6.90. The van der Waals surface area contributed by atoms with Crippen LogP contribution in [0.2, 0.25) is 0 Å². The van der Waals surface area contributed by atoms with Crippen LogP contribution in [-0.4, -0.2) is 33.7 Å². The number of nitrogens with two attached hydrogens (primary N) is 1. The van der Waals surface area contributed by atoms with Crippen molar-refractivity contribution in [2.75, 3.05) is 6.54 Å². The summed E-state index contributed by atoms with van der Waals surface area (Å²) in [5.41, 5.74) is 7.21. The molecule has 2 aromatic carbocycles. The second kappa shape index (κ2) is 7.98. The summed E-state index contributed by atoms with van der Waals surface area (Å²) in [7, 11) is 0. The molecule has 0 aliphatic carbocycles. The van der Waals surface area contributed by atoms with Crippen molar-refractivity contribution in [3.8, 4) is 0 Å². The van der Waals surface area contributed by atoms with E-state index in [9.17, 15) is 9.59 Å². The van der Waals surface area contributed by atoms with Crippen molar-refractivity contribution in [2.24, 2.45) is 10.7 Å². The van der Waals surface area contributed by atoms with Crippen molar-refractivity contribution in [3.63, 3.8) is 0 Å². The van der Waals surface area contributed by atoms with E-state index in [0.717, 1.165) is 17.7 Å². The number of hydrogen-bond acceptors (Lipinski definition) is 4. The number of rotatable bonds is 6. The van der Waals surface area contributed by atoms with Crippen LogP contribution in [-0.2, 0) is 16.0 Å². The third-order valence-electron chi connectivity index (χ3n) is 3.85. The molecular weight excluding hydrogens is 334 g/mol. The molecule has 0 unspecified atom stereocenters. The van der Waals surface area contributed by atoms with E-state index in [1.807, 2.05) is 60.7 Å². The molecule has 2 N–H and O–H groups in total. The molecule has 0 aromatic heterocycles. The molecule has 0 radical (unpaired) electrons. The highest BCUT2D eigenvalue weighted by Gasteiger charge is 2.38. The zero-order valence-electron chi connectivity index (χ0n) is 13.7. The summed E-state index contributed by atoms with van der Waals surface area (Å²) in [6.07, 6.45) is 0.753. The minimum Gasteiger partial charge on any atom is -0.370 e. The van der Waals surface area contributed by atoms with Crippen molar-refractivity contribution in [1.82, 2.24) is 4.90 Å². The summed E-state index contributed by atoms with van der Waals surface area (Å²) in [4.78, 5) is 30.2. The Morgan fingerprint density at radius 3 is 2.36 bits per heavy atom. The lowest BCUT2D eigenvalue weighted by atomic mass is 10.1. The van der Waals surface area contributed by atoms with Crippen LogP contribution in [0.5, 0.6) is 0 Å². The van der Waals surface area contributed by atoms with Gasteiger partial charge in [-0.2, -0.15) is 0 Å². The number of aliphatic imine (C=N–C) groups is 1. The van der Waals surface area contributed by atoms with Crippen LogP contribution < -0.4 is 5.73 Å². The molecule has 0 bridgehead atoms. The summed E-state index contributed by atoms with van der Waals surface area (Å²) >= 11 is 1.31. The van der Waals surface area contributed by atoms with Crippen LogP contribution in [0.3, 0.4) is 0 Å². The van der Waals surface area contributed by atoms with Crippen molar-refractivity contribution < 1.29 is 9.59 Å². The van der Waals surface area contributed by atoms with E-state index in [-0.39, 0.29) is 12.3 Å². The number of nitrogens with zero attached hydrogens (tertiary/aromatic N) is 2. The molecular formula is C19H19N3O2S. The summed E-state index contributed by atoms with van der Waals surface area (Å²) in [6, 6.07) is 19.5. The molecule has 1 aliphatic heterocycles. The van der Waals surface area contributed by atoms with Gasteiger partial charge < -0.3 is 5.73 Å². The van der Waals surface area contributed by atoms with Gasteiger partial charge in [-0.3, -0.25) is 14.5 Å². The highest BCUT2D eigenvalue weighted by atomic mass is 32.2. The Hall–Kier alpha value is -2.60. The molecule has 0 saturated carbocycles. The van der Waals surface area contributed by atoms with E-state index in [1.165, 1.54) is 11.8 Å². The molecule has 1 saturated heterocycles. The van der Waals surface area contributed by atoms with Crippen LogP contribution in [0.4, 0.5) is 5.69 Å². The van der Waals surface area contributed by atoms with E-state index >= 15 is 0 Å². The number of para-hydroxylation sites is 1. The molecule has 5 nitrogen and oxygen atoms in total. The third-order valence-corrected chi connectivity index (χ3v) is 5.03. The summed E-state index contributed by atoms with van der Waals surface area (Å²) in [6.45, 7) is 0.525. The highest BCUT2D eigenvalue weighted by Crippen LogP contribution is 2.31. The zero-order chi connectivity index (χ0) is 17.6. The number of amidine groups is 1. The van der Waals surface area contributed by atoms with Crippen LogP contribution in [0.1, 0.15) is 12.0 Å². The standard InChI is InChI=1S/C19H19N3O2S/c20-17(23)13-16-18(24)22(12-11-14-7-3-1-4-8-14)19(25-16)21-15-9-5-2-6-10-15/h1-10,16H,11-13H2,(H2,20,23)/t16-/m0/s1. The molecule has 25 heavy (non-hydrogen) atoms. The molecule has 2 amide bonds.